The number of aromatic nitrogens is 1. The molecule has 0 spiro atoms. The molecule has 0 amide bonds. The quantitative estimate of drug-likeness (QED) is 0.819. The normalized spacial score (nSPS) is 10.4. The minimum Gasteiger partial charge on any atom is -0.399 e. The third-order valence-electron chi connectivity index (χ3n) is 3.34. The summed E-state index contributed by atoms with van der Waals surface area (Å²) >= 11 is 0. The van der Waals surface area contributed by atoms with Crippen molar-refractivity contribution in [1.29, 1.82) is 0 Å². The molecule has 0 aliphatic rings. The summed E-state index contributed by atoms with van der Waals surface area (Å²) < 4.78 is 0. The van der Waals surface area contributed by atoms with Crippen molar-refractivity contribution in [2.75, 3.05) is 5.73 Å². The van der Waals surface area contributed by atoms with Gasteiger partial charge in [-0.25, -0.2) is 0 Å². The molecule has 1 aromatic heterocycles. The Hall–Kier alpha value is -2.16. The van der Waals surface area contributed by atoms with E-state index in [1.165, 1.54) is 5.56 Å². The van der Waals surface area contributed by atoms with Crippen LogP contribution in [-0.4, -0.2) is 10.8 Å². The highest BCUT2D eigenvalue weighted by Gasteiger charge is 2.05. The Balaban J connectivity index is 1.84. The zero-order chi connectivity index (χ0) is 14.4. The van der Waals surface area contributed by atoms with Crippen LogP contribution >= 0.6 is 0 Å². The van der Waals surface area contributed by atoms with E-state index in [9.17, 15) is 4.79 Å². The second kappa shape index (κ2) is 6.85. The molecule has 1 heterocycles. The van der Waals surface area contributed by atoms with Gasteiger partial charge >= 0.3 is 0 Å². The molecule has 0 saturated carbocycles. The van der Waals surface area contributed by atoms with Crippen LogP contribution < -0.4 is 5.73 Å². The van der Waals surface area contributed by atoms with Crippen LogP contribution in [0.15, 0.2) is 42.6 Å². The Morgan fingerprint density at radius 1 is 1.10 bits per heavy atom. The largest absolute Gasteiger partial charge is 0.399 e. The highest BCUT2D eigenvalue weighted by atomic mass is 16.1. The van der Waals surface area contributed by atoms with Crippen molar-refractivity contribution in [2.24, 2.45) is 0 Å². The van der Waals surface area contributed by atoms with Crippen molar-refractivity contribution >= 4 is 11.5 Å². The summed E-state index contributed by atoms with van der Waals surface area (Å²) in [6.07, 6.45) is 4.53. The SMILES string of the molecule is CCc1ccc(CC(=O)CCc2ccc(N)cc2)nc1. The Morgan fingerprint density at radius 3 is 2.40 bits per heavy atom. The van der Waals surface area contributed by atoms with E-state index < -0.39 is 0 Å². The molecule has 0 atom stereocenters. The van der Waals surface area contributed by atoms with Crippen molar-refractivity contribution in [2.45, 2.75) is 32.6 Å². The average molecular weight is 268 g/mol. The van der Waals surface area contributed by atoms with Gasteiger partial charge < -0.3 is 5.73 Å². The number of anilines is 1. The van der Waals surface area contributed by atoms with Gasteiger partial charge in [-0.1, -0.05) is 25.1 Å². The average Bonchev–Trinajstić information content (AvgIpc) is 2.47. The highest BCUT2D eigenvalue weighted by molar-refractivity contribution is 5.80. The molecular formula is C17H20N2O. The van der Waals surface area contributed by atoms with Crippen molar-refractivity contribution in [3.63, 3.8) is 0 Å². The maximum atomic E-state index is 11.9. The smallest absolute Gasteiger partial charge is 0.139 e. The Labute approximate surface area is 119 Å². The van der Waals surface area contributed by atoms with Gasteiger partial charge in [-0.15, -0.1) is 0 Å². The summed E-state index contributed by atoms with van der Waals surface area (Å²) in [5.74, 6) is 0.221. The van der Waals surface area contributed by atoms with Crippen molar-refractivity contribution in [3.05, 3.63) is 59.4 Å². The van der Waals surface area contributed by atoms with E-state index in [2.05, 4.69) is 11.9 Å². The molecule has 0 aliphatic carbocycles. The van der Waals surface area contributed by atoms with Crippen LogP contribution in [0.25, 0.3) is 0 Å². The predicted octanol–water partition coefficient (Wildman–Crippen LogP) is 2.97. The third kappa shape index (κ3) is 4.19. The Morgan fingerprint density at radius 2 is 1.80 bits per heavy atom. The molecule has 20 heavy (non-hydrogen) atoms. The first-order chi connectivity index (χ1) is 9.67. The number of ketones is 1. The summed E-state index contributed by atoms with van der Waals surface area (Å²) in [5.41, 5.74) is 9.57. The van der Waals surface area contributed by atoms with Crippen LogP contribution in [0.4, 0.5) is 5.69 Å². The number of nitrogens with two attached hydrogens (primary N) is 1. The Kier molecular flexibility index (Phi) is 4.88. The van der Waals surface area contributed by atoms with Gasteiger partial charge in [0.25, 0.3) is 0 Å². The number of aryl methyl sites for hydroxylation is 2. The van der Waals surface area contributed by atoms with Crippen LogP contribution in [-0.2, 0) is 24.1 Å². The first-order valence-electron chi connectivity index (χ1n) is 6.97. The van der Waals surface area contributed by atoms with E-state index in [0.29, 0.717) is 12.8 Å². The Bertz CT molecular complexity index is 559. The predicted molar refractivity (Wildman–Crippen MR) is 81.5 cm³/mol. The molecule has 2 aromatic rings. The minimum atomic E-state index is 0.221. The lowest BCUT2D eigenvalue weighted by Gasteiger charge is -2.03. The van der Waals surface area contributed by atoms with E-state index in [1.807, 2.05) is 42.6 Å². The fraction of sp³-hybridized carbons (Fsp3) is 0.294. The first-order valence-corrected chi connectivity index (χ1v) is 6.97. The maximum Gasteiger partial charge on any atom is 0.139 e. The molecule has 2 rings (SSSR count). The third-order valence-corrected chi connectivity index (χ3v) is 3.34. The summed E-state index contributed by atoms with van der Waals surface area (Å²) in [5, 5.41) is 0. The highest BCUT2D eigenvalue weighted by Crippen LogP contribution is 2.09. The number of hydrogen-bond donors (Lipinski definition) is 1. The van der Waals surface area contributed by atoms with Gasteiger partial charge in [0.05, 0.1) is 0 Å². The molecule has 0 bridgehead atoms. The molecule has 1 aromatic carbocycles. The lowest BCUT2D eigenvalue weighted by molar-refractivity contribution is -0.118. The number of nitrogen functional groups attached to an aromatic ring is 1. The summed E-state index contributed by atoms with van der Waals surface area (Å²) in [6, 6.07) is 11.7. The number of pyridine rings is 1. The molecule has 0 unspecified atom stereocenters. The lowest BCUT2D eigenvalue weighted by atomic mass is 10.0. The number of carbonyl (C=O) groups excluding carboxylic acids is 1. The standard InChI is InChI=1S/C17H20N2O/c1-2-13-5-9-16(19-12-13)11-17(20)10-6-14-3-7-15(18)8-4-14/h3-5,7-9,12H,2,6,10-11,18H2,1H3. The van der Waals surface area contributed by atoms with Gasteiger partial charge in [-0.05, 0) is 42.2 Å². The second-order valence-electron chi connectivity index (χ2n) is 4.97. The minimum absolute atomic E-state index is 0.221. The summed E-state index contributed by atoms with van der Waals surface area (Å²) in [7, 11) is 0. The van der Waals surface area contributed by atoms with Crippen LogP contribution in [0.1, 0.15) is 30.2 Å². The fourth-order valence-electron chi connectivity index (χ4n) is 2.03. The zero-order valence-corrected chi connectivity index (χ0v) is 11.8. The number of benzene rings is 1. The van der Waals surface area contributed by atoms with Crippen molar-refractivity contribution in [3.8, 4) is 0 Å². The van der Waals surface area contributed by atoms with Crippen molar-refractivity contribution < 1.29 is 4.79 Å². The number of Topliss-reactive ketones (excluding diaryl/α,β-unsaturated/α-hetero) is 1. The van der Waals surface area contributed by atoms with Gasteiger partial charge in [-0.3, -0.25) is 9.78 Å². The summed E-state index contributed by atoms with van der Waals surface area (Å²) in [6.45, 7) is 2.09. The molecule has 3 nitrogen and oxygen atoms in total. The van der Waals surface area contributed by atoms with E-state index >= 15 is 0 Å². The number of hydrogen-bond acceptors (Lipinski definition) is 3. The summed E-state index contributed by atoms with van der Waals surface area (Å²) in [4.78, 5) is 16.3. The molecular weight excluding hydrogens is 248 g/mol. The van der Waals surface area contributed by atoms with E-state index in [0.717, 1.165) is 29.8 Å². The van der Waals surface area contributed by atoms with E-state index in [4.69, 9.17) is 5.73 Å². The van der Waals surface area contributed by atoms with Crippen LogP contribution in [0.5, 0.6) is 0 Å². The van der Waals surface area contributed by atoms with Gasteiger partial charge in [-0.2, -0.15) is 0 Å². The molecule has 0 fully saturated rings. The van der Waals surface area contributed by atoms with Crippen LogP contribution in [0.3, 0.4) is 0 Å². The second-order valence-corrected chi connectivity index (χ2v) is 4.97. The van der Waals surface area contributed by atoms with E-state index in [1.54, 1.807) is 0 Å². The van der Waals surface area contributed by atoms with Crippen molar-refractivity contribution in [1.82, 2.24) is 4.98 Å². The van der Waals surface area contributed by atoms with E-state index in [-0.39, 0.29) is 5.78 Å². The molecule has 0 saturated heterocycles. The van der Waals surface area contributed by atoms with Gasteiger partial charge in [0.1, 0.15) is 5.78 Å². The van der Waals surface area contributed by atoms with Gasteiger partial charge in [0.15, 0.2) is 0 Å². The monoisotopic (exact) mass is 268 g/mol. The number of nitrogens with zero attached hydrogens (tertiary/aromatic N) is 1. The zero-order valence-electron chi connectivity index (χ0n) is 11.8. The maximum absolute atomic E-state index is 11.9. The van der Waals surface area contributed by atoms with Crippen LogP contribution in [0.2, 0.25) is 0 Å². The fourth-order valence-corrected chi connectivity index (χ4v) is 2.03. The van der Waals surface area contributed by atoms with Gasteiger partial charge in [0, 0.05) is 30.4 Å². The van der Waals surface area contributed by atoms with Gasteiger partial charge in [0.2, 0.25) is 0 Å². The molecule has 104 valence electrons. The topological polar surface area (TPSA) is 56.0 Å². The first kappa shape index (κ1) is 14.3. The lowest BCUT2D eigenvalue weighted by Crippen LogP contribution is -2.06. The number of rotatable bonds is 6. The molecule has 3 heteroatoms. The number of carbonyl (C=O) groups is 1. The molecule has 0 radical (unpaired) electrons. The molecule has 2 N–H and O–H groups in total. The molecule has 0 aliphatic heterocycles. The van der Waals surface area contributed by atoms with Crippen LogP contribution in [0, 0.1) is 0 Å².